The van der Waals surface area contributed by atoms with Crippen molar-refractivity contribution in [2.75, 3.05) is 19.6 Å². The van der Waals surface area contributed by atoms with E-state index in [1.165, 1.54) is 25.9 Å². The highest BCUT2D eigenvalue weighted by molar-refractivity contribution is 4.72. The zero-order chi connectivity index (χ0) is 8.27. The van der Waals surface area contributed by atoms with Crippen molar-refractivity contribution >= 4 is 0 Å². The first kappa shape index (κ1) is 9.01. The lowest BCUT2D eigenvalue weighted by Gasteiger charge is -2.31. The lowest BCUT2D eigenvalue weighted by molar-refractivity contribution is 0.177. The molecule has 1 rings (SSSR count). The monoisotopic (exact) mass is 156 g/mol. The molecular formula is C9H20N2. The lowest BCUT2D eigenvalue weighted by Crippen LogP contribution is -2.41. The Hall–Kier alpha value is -0.0800. The Kier molecular flexibility index (Phi) is 3.34. The molecule has 2 heteroatoms. The fourth-order valence-corrected chi connectivity index (χ4v) is 1.86. The van der Waals surface area contributed by atoms with Crippen molar-refractivity contribution in [2.45, 2.75) is 32.7 Å². The van der Waals surface area contributed by atoms with E-state index in [-0.39, 0.29) is 0 Å². The van der Waals surface area contributed by atoms with Gasteiger partial charge in [0.2, 0.25) is 0 Å². The van der Waals surface area contributed by atoms with Gasteiger partial charge in [0.05, 0.1) is 0 Å². The third-order valence-corrected chi connectivity index (χ3v) is 2.29. The quantitative estimate of drug-likeness (QED) is 0.648. The molecule has 2 nitrogen and oxygen atoms in total. The van der Waals surface area contributed by atoms with Crippen LogP contribution in [-0.4, -0.2) is 30.6 Å². The van der Waals surface area contributed by atoms with E-state index in [9.17, 15) is 0 Å². The van der Waals surface area contributed by atoms with Crippen LogP contribution in [0.25, 0.3) is 0 Å². The molecule has 0 radical (unpaired) electrons. The first-order chi connectivity index (χ1) is 5.18. The van der Waals surface area contributed by atoms with Crippen LogP contribution in [0.1, 0.15) is 26.7 Å². The predicted octanol–water partition coefficient (Wildman–Crippen LogP) is 1.07. The van der Waals surface area contributed by atoms with Gasteiger partial charge in [-0.15, -0.1) is 0 Å². The molecule has 0 aromatic heterocycles. The molecule has 1 aliphatic rings. The average Bonchev–Trinajstić information content (AvgIpc) is 1.85. The largest absolute Gasteiger partial charge is 0.327 e. The van der Waals surface area contributed by atoms with Gasteiger partial charge in [0, 0.05) is 19.1 Å². The van der Waals surface area contributed by atoms with Crippen LogP contribution in [0, 0.1) is 5.92 Å². The van der Waals surface area contributed by atoms with Gasteiger partial charge in [-0.05, 0) is 32.2 Å². The Morgan fingerprint density at radius 1 is 1.64 bits per heavy atom. The van der Waals surface area contributed by atoms with E-state index in [1.54, 1.807) is 0 Å². The van der Waals surface area contributed by atoms with Crippen molar-refractivity contribution in [3.05, 3.63) is 0 Å². The van der Waals surface area contributed by atoms with Crippen LogP contribution in [0.15, 0.2) is 0 Å². The third-order valence-electron chi connectivity index (χ3n) is 2.29. The minimum absolute atomic E-state index is 0.334. The van der Waals surface area contributed by atoms with Crippen molar-refractivity contribution in [3.8, 4) is 0 Å². The maximum Gasteiger partial charge on any atom is 0.0139 e. The standard InChI is InChI=1S/C9H20N2/c1-8-4-3-5-11(6-8)7-9(2)10/h8-9H,3-7,10H2,1-2H3/t8-,9+/m1/s1. The molecule has 1 fully saturated rings. The van der Waals surface area contributed by atoms with E-state index in [0.717, 1.165) is 12.5 Å². The van der Waals surface area contributed by atoms with Gasteiger partial charge in [-0.25, -0.2) is 0 Å². The van der Waals surface area contributed by atoms with Crippen LogP contribution in [-0.2, 0) is 0 Å². The van der Waals surface area contributed by atoms with Gasteiger partial charge in [-0.3, -0.25) is 0 Å². The second-order valence-electron chi connectivity index (χ2n) is 3.98. The molecule has 0 aromatic carbocycles. The summed E-state index contributed by atoms with van der Waals surface area (Å²) in [5.41, 5.74) is 5.73. The van der Waals surface area contributed by atoms with Crippen molar-refractivity contribution in [1.82, 2.24) is 4.90 Å². The molecule has 0 bridgehead atoms. The molecule has 1 heterocycles. The summed E-state index contributed by atoms with van der Waals surface area (Å²) < 4.78 is 0. The molecule has 0 saturated carbocycles. The van der Waals surface area contributed by atoms with Crippen molar-refractivity contribution < 1.29 is 0 Å². The van der Waals surface area contributed by atoms with Gasteiger partial charge >= 0.3 is 0 Å². The van der Waals surface area contributed by atoms with E-state index in [2.05, 4.69) is 18.7 Å². The van der Waals surface area contributed by atoms with Crippen LogP contribution < -0.4 is 5.73 Å². The van der Waals surface area contributed by atoms with Gasteiger partial charge in [0.15, 0.2) is 0 Å². The number of likely N-dealkylation sites (tertiary alicyclic amines) is 1. The third kappa shape index (κ3) is 3.21. The second-order valence-corrected chi connectivity index (χ2v) is 3.98. The van der Waals surface area contributed by atoms with Crippen molar-refractivity contribution in [2.24, 2.45) is 11.7 Å². The van der Waals surface area contributed by atoms with Gasteiger partial charge < -0.3 is 10.6 Å². The van der Waals surface area contributed by atoms with E-state index in [0.29, 0.717) is 6.04 Å². The second kappa shape index (κ2) is 4.07. The molecule has 0 amide bonds. The molecule has 1 saturated heterocycles. The van der Waals surface area contributed by atoms with E-state index < -0.39 is 0 Å². The van der Waals surface area contributed by atoms with Crippen LogP contribution in [0.5, 0.6) is 0 Å². The highest BCUT2D eigenvalue weighted by atomic mass is 15.1. The average molecular weight is 156 g/mol. The van der Waals surface area contributed by atoms with Crippen molar-refractivity contribution in [3.63, 3.8) is 0 Å². The van der Waals surface area contributed by atoms with Crippen LogP contribution >= 0.6 is 0 Å². The molecule has 0 spiro atoms. The summed E-state index contributed by atoms with van der Waals surface area (Å²) >= 11 is 0. The number of nitrogens with zero attached hydrogens (tertiary/aromatic N) is 1. The van der Waals surface area contributed by atoms with E-state index in [1.807, 2.05) is 0 Å². The molecule has 0 aromatic rings. The SMILES string of the molecule is C[C@@H]1CCCN(C[C@H](C)N)C1. The Balaban J connectivity index is 2.23. The smallest absolute Gasteiger partial charge is 0.0139 e. The summed E-state index contributed by atoms with van der Waals surface area (Å²) in [5.74, 6) is 0.877. The Labute approximate surface area is 69.8 Å². The van der Waals surface area contributed by atoms with Gasteiger partial charge in [-0.2, -0.15) is 0 Å². The minimum atomic E-state index is 0.334. The molecule has 66 valence electrons. The number of hydrogen-bond donors (Lipinski definition) is 1. The van der Waals surface area contributed by atoms with Crippen LogP contribution in [0.4, 0.5) is 0 Å². The Bertz CT molecular complexity index is 110. The summed E-state index contributed by atoms with van der Waals surface area (Å²) in [6.45, 7) is 7.99. The fraction of sp³-hybridized carbons (Fsp3) is 1.00. The van der Waals surface area contributed by atoms with Gasteiger partial charge in [0.25, 0.3) is 0 Å². The van der Waals surface area contributed by atoms with Gasteiger partial charge in [-0.1, -0.05) is 6.92 Å². The number of piperidine rings is 1. The first-order valence-corrected chi connectivity index (χ1v) is 4.66. The fourth-order valence-electron chi connectivity index (χ4n) is 1.86. The first-order valence-electron chi connectivity index (χ1n) is 4.66. The van der Waals surface area contributed by atoms with Crippen LogP contribution in [0.2, 0.25) is 0 Å². The molecule has 2 N–H and O–H groups in total. The highest BCUT2D eigenvalue weighted by Gasteiger charge is 2.16. The predicted molar refractivity (Wildman–Crippen MR) is 48.5 cm³/mol. The Morgan fingerprint density at radius 3 is 2.91 bits per heavy atom. The van der Waals surface area contributed by atoms with Crippen molar-refractivity contribution in [1.29, 1.82) is 0 Å². The van der Waals surface area contributed by atoms with E-state index in [4.69, 9.17) is 5.73 Å². The molecular weight excluding hydrogens is 136 g/mol. The number of rotatable bonds is 2. The minimum Gasteiger partial charge on any atom is -0.327 e. The summed E-state index contributed by atoms with van der Waals surface area (Å²) in [4.78, 5) is 2.48. The summed E-state index contributed by atoms with van der Waals surface area (Å²) in [6.07, 6.45) is 2.75. The van der Waals surface area contributed by atoms with Crippen LogP contribution in [0.3, 0.4) is 0 Å². The molecule has 11 heavy (non-hydrogen) atoms. The molecule has 2 atom stereocenters. The molecule has 0 unspecified atom stereocenters. The molecule has 0 aliphatic carbocycles. The molecule has 1 aliphatic heterocycles. The number of hydrogen-bond acceptors (Lipinski definition) is 2. The maximum atomic E-state index is 5.73. The summed E-state index contributed by atoms with van der Waals surface area (Å²) in [5, 5.41) is 0. The van der Waals surface area contributed by atoms with E-state index >= 15 is 0 Å². The Morgan fingerprint density at radius 2 is 2.36 bits per heavy atom. The summed E-state index contributed by atoms with van der Waals surface area (Å²) in [7, 11) is 0. The number of nitrogens with two attached hydrogens (primary N) is 1. The zero-order valence-electron chi connectivity index (χ0n) is 7.71. The normalized spacial score (nSPS) is 30.3. The van der Waals surface area contributed by atoms with Gasteiger partial charge in [0.1, 0.15) is 0 Å². The lowest BCUT2D eigenvalue weighted by atomic mass is 10.00. The maximum absolute atomic E-state index is 5.73. The summed E-state index contributed by atoms with van der Waals surface area (Å²) in [6, 6.07) is 0.334. The topological polar surface area (TPSA) is 29.3 Å². The highest BCUT2D eigenvalue weighted by Crippen LogP contribution is 2.14. The zero-order valence-corrected chi connectivity index (χ0v) is 7.71.